The van der Waals surface area contributed by atoms with E-state index in [0.29, 0.717) is 12.1 Å². The number of aliphatic imine (C=N–C) groups is 1. The van der Waals surface area contributed by atoms with Gasteiger partial charge in [-0.05, 0) is 20.3 Å². The molecule has 6 heteroatoms. The summed E-state index contributed by atoms with van der Waals surface area (Å²) in [5.41, 5.74) is 0. The summed E-state index contributed by atoms with van der Waals surface area (Å²) in [5, 5.41) is 8.67. The van der Waals surface area contributed by atoms with Crippen molar-refractivity contribution in [1.82, 2.24) is 9.78 Å². The Kier molecular flexibility index (Phi) is 4.66. The van der Waals surface area contributed by atoms with E-state index in [1.807, 2.05) is 16.9 Å². The maximum Gasteiger partial charge on any atom is 0.162 e. The first kappa shape index (κ1) is 13.4. The van der Waals surface area contributed by atoms with E-state index in [0.717, 1.165) is 29.8 Å². The molecule has 0 radical (unpaired) electrons. The normalized spacial score (nSPS) is 19.3. The SMILES string of the molecule is COCCC1CSC(Nc2ccn(C(C)C)n2)=N1. The largest absolute Gasteiger partial charge is 0.385 e. The highest BCUT2D eigenvalue weighted by atomic mass is 32.2. The Morgan fingerprint density at radius 3 is 3.11 bits per heavy atom. The summed E-state index contributed by atoms with van der Waals surface area (Å²) in [6, 6.07) is 2.73. The van der Waals surface area contributed by atoms with Gasteiger partial charge in [-0.3, -0.25) is 9.67 Å². The van der Waals surface area contributed by atoms with Gasteiger partial charge in [0.2, 0.25) is 0 Å². The first-order chi connectivity index (χ1) is 8.69. The second-order valence-electron chi connectivity index (χ2n) is 4.58. The van der Waals surface area contributed by atoms with Gasteiger partial charge in [0.15, 0.2) is 11.0 Å². The summed E-state index contributed by atoms with van der Waals surface area (Å²) in [6.07, 6.45) is 2.96. The van der Waals surface area contributed by atoms with Crippen LogP contribution in [-0.2, 0) is 4.74 Å². The molecule has 1 aliphatic heterocycles. The highest BCUT2D eigenvalue weighted by Crippen LogP contribution is 2.21. The fourth-order valence-electron chi connectivity index (χ4n) is 1.69. The summed E-state index contributed by atoms with van der Waals surface area (Å²) in [7, 11) is 1.73. The molecular weight excluding hydrogens is 248 g/mol. The van der Waals surface area contributed by atoms with Crippen molar-refractivity contribution in [2.45, 2.75) is 32.4 Å². The summed E-state index contributed by atoms with van der Waals surface area (Å²) in [6.45, 7) is 4.99. The van der Waals surface area contributed by atoms with E-state index >= 15 is 0 Å². The van der Waals surface area contributed by atoms with Gasteiger partial charge in [-0.25, -0.2) is 0 Å². The number of hydrogen-bond donors (Lipinski definition) is 1. The van der Waals surface area contributed by atoms with Crippen molar-refractivity contribution in [3.8, 4) is 0 Å². The van der Waals surface area contributed by atoms with E-state index < -0.39 is 0 Å². The molecule has 0 amide bonds. The van der Waals surface area contributed by atoms with Crippen molar-refractivity contribution in [1.29, 1.82) is 0 Å². The van der Waals surface area contributed by atoms with Gasteiger partial charge in [0.25, 0.3) is 0 Å². The zero-order valence-corrected chi connectivity index (χ0v) is 11.9. The first-order valence-electron chi connectivity index (χ1n) is 6.20. The number of amidine groups is 1. The molecule has 0 bridgehead atoms. The summed E-state index contributed by atoms with van der Waals surface area (Å²) >= 11 is 1.75. The van der Waals surface area contributed by atoms with Gasteiger partial charge >= 0.3 is 0 Å². The monoisotopic (exact) mass is 268 g/mol. The average Bonchev–Trinajstić information content (AvgIpc) is 2.96. The number of nitrogens with one attached hydrogen (secondary N) is 1. The number of hydrogen-bond acceptors (Lipinski definition) is 5. The topological polar surface area (TPSA) is 51.4 Å². The standard InChI is InChI=1S/C12H20N4OS/c1-9(2)16-6-4-11(15-16)14-12-13-10(8-18-12)5-7-17-3/h4,6,9-10H,5,7-8H2,1-3H3,(H,13,14,15). The zero-order valence-electron chi connectivity index (χ0n) is 11.1. The van der Waals surface area contributed by atoms with Gasteiger partial charge in [-0.2, -0.15) is 5.10 Å². The van der Waals surface area contributed by atoms with Crippen molar-refractivity contribution < 1.29 is 4.74 Å². The Bertz CT molecular complexity index is 416. The number of anilines is 1. The lowest BCUT2D eigenvalue weighted by atomic mass is 10.3. The molecular formula is C12H20N4OS. The molecule has 1 atom stereocenters. The van der Waals surface area contributed by atoms with Crippen molar-refractivity contribution in [2.24, 2.45) is 4.99 Å². The van der Waals surface area contributed by atoms with E-state index in [1.165, 1.54) is 0 Å². The van der Waals surface area contributed by atoms with Gasteiger partial charge in [0.05, 0.1) is 6.04 Å². The molecule has 5 nitrogen and oxygen atoms in total. The quantitative estimate of drug-likeness (QED) is 0.891. The predicted molar refractivity (Wildman–Crippen MR) is 76.4 cm³/mol. The Hall–Kier alpha value is -1.01. The molecule has 2 heterocycles. The van der Waals surface area contributed by atoms with Crippen LogP contribution in [0.15, 0.2) is 17.3 Å². The smallest absolute Gasteiger partial charge is 0.162 e. The molecule has 2 rings (SSSR count). The maximum atomic E-state index is 5.07. The highest BCUT2D eigenvalue weighted by Gasteiger charge is 2.18. The fraction of sp³-hybridized carbons (Fsp3) is 0.667. The van der Waals surface area contributed by atoms with E-state index in [1.54, 1.807) is 18.9 Å². The van der Waals surface area contributed by atoms with Crippen LogP contribution in [-0.4, -0.2) is 40.5 Å². The summed E-state index contributed by atoms with van der Waals surface area (Å²) < 4.78 is 7.01. The molecule has 0 saturated carbocycles. The van der Waals surface area contributed by atoms with Crippen LogP contribution >= 0.6 is 11.8 Å². The molecule has 100 valence electrons. The second-order valence-corrected chi connectivity index (χ2v) is 5.59. The molecule has 0 saturated heterocycles. The third-order valence-corrected chi connectivity index (χ3v) is 3.77. The Balaban J connectivity index is 1.89. The van der Waals surface area contributed by atoms with Gasteiger partial charge < -0.3 is 10.1 Å². The van der Waals surface area contributed by atoms with Gasteiger partial charge in [-0.1, -0.05) is 11.8 Å². The lowest BCUT2D eigenvalue weighted by molar-refractivity contribution is 0.190. The van der Waals surface area contributed by atoms with Gasteiger partial charge in [-0.15, -0.1) is 0 Å². The third kappa shape index (κ3) is 3.49. The van der Waals surface area contributed by atoms with Crippen molar-refractivity contribution >= 4 is 22.7 Å². The molecule has 1 aromatic rings. The van der Waals surface area contributed by atoms with Crippen LogP contribution in [0.3, 0.4) is 0 Å². The van der Waals surface area contributed by atoms with Crippen LogP contribution in [0.25, 0.3) is 0 Å². The predicted octanol–water partition coefficient (Wildman–Crippen LogP) is 2.38. The molecule has 18 heavy (non-hydrogen) atoms. The Labute approximate surface area is 112 Å². The van der Waals surface area contributed by atoms with Crippen LogP contribution in [0.5, 0.6) is 0 Å². The van der Waals surface area contributed by atoms with E-state index in [4.69, 9.17) is 4.74 Å². The number of methoxy groups -OCH3 is 1. The molecule has 0 aromatic carbocycles. The number of thioether (sulfide) groups is 1. The van der Waals surface area contributed by atoms with Crippen molar-refractivity contribution in [3.05, 3.63) is 12.3 Å². The summed E-state index contributed by atoms with van der Waals surface area (Å²) in [4.78, 5) is 4.61. The molecule has 1 unspecified atom stereocenters. The van der Waals surface area contributed by atoms with Crippen LogP contribution in [0, 0.1) is 0 Å². The lowest BCUT2D eigenvalue weighted by Crippen LogP contribution is -2.09. The minimum absolute atomic E-state index is 0.365. The minimum atomic E-state index is 0.365. The molecule has 0 aliphatic carbocycles. The van der Waals surface area contributed by atoms with Gasteiger partial charge in [0, 0.05) is 37.8 Å². The van der Waals surface area contributed by atoms with Crippen LogP contribution in [0.1, 0.15) is 26.3 Å². The second kappa shape index (κ2) is 6.24. The minimum Gasteiger partial charge on any atom is -0.385 e. The van der Waals surface area contributed by atoms with Gasteiger partial charge in [0.1, 0.15) is 0 Å². The molecule has 1 aromatic heterocycles. The van der Waals surface area contributed by atoms with Crippen molar-refractivity contribution in [3.63, 3.8) is 0 Å². The average molecular weight is 268 g/mol. The fourth-order valence-corrected chi connectivity index (χ4v) is 2.68. The number of aromatic nitrogens is 2. The molecule has 1 N–H and O–H groups in total. The summed E-state index contributed by atoms with van der Waals surface area (Å²) in [5.74, 6) is 1.89. The third-order valence-electron chi connectivity index (χ3n) is 2.74. The first-order valence-corrected chi connectivity index (χ1v) is 7.19. The van der Waals surface area contributed by atoms with Crippen LogP contribution < -0.4 is 5.32 Å². The Morgan fingerprint density at radius 2 is 2.44 bits per heavy atom. The molecule has 0 fully saturated rings. The number of ether oxygens (including phenoxy) is 1. The lowest BCUT2D eigenvalue weighted by Gasteiger charge is -2.04. The van der Waals surface area contributed by atoms with Crippen LogP contribution in [0.2, 0.25) is 0 Å². The van der Waals surface area contributed by atoms with Crippen LogP contribution in [0.4, 0.5) is 5.82 Å². The molecule has 1 aliphatic rings. The number of nitrogens with zero attached hydrogens (tertiary/aromatic N) is 3. The van der Waals surface area contributed by atoms with E-state index in [-0.39, 0.29) is 0 Å². The zero-order chi connectivity index (χ0) is 13.0. The molecule has 0 spiro atoms. The number of rotatable bonds is 5. The maximum absolute atomic E-state index is 5.07. The Morgan fingerprint density at radius 1 is 1.61 bits per heavy atom. The van der Waals surface area contributed by atoms with E-state index in [9.17, 15) is 0 Å². The highest BCUT2D eigenvalue weighted by molar-refractivity contribution is 8.14. The van der Waals surface area contributed by atoms with Crippen molar-refractivity contribution in [2.75, 3.05) is 24.8 Å². The van der Waals surface area contributed by atoms with E-state index in [2.05, 4.69) is 29.3 Å².